The first-order chi connectivity index (χ1) is 7.80. The number of aliphatic hydroxyl groups is 5. The molecule has 1 aliphatic rings. The average Bonchev–Trinajstić information content (AvgIpc) is 2.25. The van der Waals surface area contributed by atoms with E-state index in [-0.39, 0.29) is 6.42 Å². The number of ether oxygens (including phenoxy) is 1. The van der Waals surface area contributed by atoms with E-state index < -0.39 is 49.2 Å². The zero-order valence-corrected chi connectivity index (χ0v) is 8.93. The zero-order valence-electron chi connectivity index (χ0n) is 8.93. The standard InChI is InChI=1S/C9H16O8/c10-3-5(12)7(13)6-1-4(11)2-9(16,17-6)8(14)15/h4-7,10-13,16H,1-3H2,(H,14,15)/t4?,5?,6?,7-,9+/m1/s1. The minimum atomic E-state index is -2.60. The number of hydrogen-bond acceptors (Lipinski definition) is 7. The van der Waals surface area contributed by atoms with Gasteiger partial charge in [0.25, 0.3) is 5.79 Å². The van der Waals surface area contributed by atoms with Gasteiger partial charge in [0.05, 0.1) is 18.8 Å². The molecule has 0 amide bonds. The first-order valence-electron chi connectivity index (χ1n) is 5.09. The van der Waals surface area contributed by atoms with Gasteiger partial charge in [-0.1, -0.05) is 0 Å². The molecule has 3 unspecified atom stereocenters. The second-order valence-electron chi connectivity index (χ2n) is 4.08. The maximum Gasteiger partial charge on any atom is 0.364 e. The second kappa shape index (κ2) is 5.25. The van der Waals surface area contributed by atoms with Crippen LogP contribution in [0.4, 0.5) is 0 Å². The van der Waals surface area contributed by atoms with Crippen molar-refractivity contribution in [3.05, 3.63) is 0 Å². The van der Waals surface area contributed by atoms with Crippen LogP contribution in [0.1, 0.15) is 12.8 Å². The Morgan fingerprint density at radius 2 is 2.06 bits per heavy atom. The van der Waals surface area contributed by atoms with Crippen molar-refractivity contribution >= 4 is 5.97 Å². The number of carbonyl (C=O) groups is 1. The molecule has 0 aromatic rings. The van der Waals surface area contributed by atoms with Gasteiger partial charge in [0, 0.05) is 12.8 Å². The fourth-order valence-corrected chi connectivity index (χ4v) is 1.72. The summed E-state index contributed by atoms with van der Waals surface area (Å²) < 4.78 is 4.77. The molecule has 1 heterocycles. The van der Waals surface area contributed by atoms with Crippen LogP contribution in [-0.2, 0) is 9.53 Å². The predicted molar refractivity (Wildman–Crippen MR) is 51.8 cm³/mol. The Balaban J connectivity index is 2.78. The van der Waals surface area contributed by atoms with Crippen molar-refractivity contribution in [1.82, 2.24) is 0 Å². The van der Waals surface area contributed by atoms with Crippen LogP contribution in [0.15, 0.2) is 0 Å². The van der Waals surface area contributed by atoms with E-state index in [9.17, 15) is 25.2 Å². The van der Waals surface area contributed by atoms with E-state index in [1.807, 2.05) is 0 Å². The summed E-state index contributed by atoms with van der Waals surface area (Å²) >= 11 is 0. The molecular formula is C9H16O8. The topological polar surface area (TPSA) is 148 Å². The van der Waals surface area contributed by atoms with Gasteiger partial charge in [-0.15, -0.1) is 0 Å². The Hall–Kier alpha value is -0.770. The lowest BCUT2D eigenvalue weighted by Crippen LogP contribution is -2.56. The average molecular weight is 252 g/mol. The summed E-state index contributed by atoms with van der Waals surface area (Å²) in [6, 6.07) is 0. The van der Waals surface area contributed by atoms with Gasteiger partial charge in [-0.05, 0) is 0 Å². The van der Waals surface area contributed by atoms with E-state index in [0.717, 1.165) is 0 Å². The molecule has 0 spiro atoms. The van der Waals surface area contributed by atoms with Crippen LogP contribution in [0, 0.1) is 0 Å². The summed E-state index contributed by atoms with van der Waals surface area (Å²) in [5, 5.41) is 55.0. The Kier molecular flexibility index (Phi) is 4.42. The maximum absolute atomic E-state index is 10.7. The lowest BCUT2D eigenvalue weighted by atomic mass is 9.93. The molecule has 0 bridgehead atoms. The van der Waals surface area contributed by atoms with E-state index >= 15 is 0 Å². The van der Waals surface area contributed by atoms with Crippen LogP contribution in [0.3, 0.4) is 0 Å². The van der Waals surface area contributed by atoms with Crippen molar-refractivity contribution in [1.29, 1.82) is 0 Å². The molecule has 0 aliphatic carbocycles. The van der Waals surface area contributed by atoms with Gasteiger partial charge in [0.1, 0.15) is 12.2 Å². The molecule has 0 radical (unpaired) electrons. The van der Waals surface area contributed by atoms with E-state index in [2.05, 4.69) is 0 Å². The Bertz CT molecular complexity index is 282. The fourth-order valence-electron chi connectivity index (χ4n) is 1.72. The molecule has 0 aromatic carbocycles. The third-order valence-electron chi connectivity index (χ3n) is 2.66. The highest BCUT2D eigenvalue weighted by molar-refractivity contribution is 5.75. The third kappa shape index (κ3) is 3.12. The molecule has 1 fully saturated rings. The van der Waals surface area contributed by atoms with Crippen molar-refractivity contribution in [2.75, 3.05) is 6.61 Å². The van der Waals surface area contributed by atoms with Crippen LogP contribution in [0.2, 0.25) is 0 Å². The number of rotatable bonds is 4. The SMILES string of the molecule is O=C(O)[C@]1(O)CC(O)CC([C@H](O)C(O)CO)O1. The third-order valence-corrected chi connectivity index (χ3v) is 2.66. The lowest BCUT2D eigenvalue weighted by Gasteiger charge is -2.39. The predicted octanol–water partition coefficient (Wildman–Crippen LogP) is -2.99. The van der Waals surface area contributed by atoms with Crippen LogP contribution >= 0.6 is 0 Å². The number of hydrogen-bond donors (Lipinski definition) is 6. The van der Waals surface area contributed by atoms with E-state index in [1.54, 1.807) is 0 Å². The summed E-state index contributed by atoms with van der Waals surface area (Å²) in [5.41, 5.74) is 0. The molecule has 5 atom stereocenters. The van der Waals surface area contributed by atoms with Gasteiger partial charge in [0.15, 0.2) is 0 Å². The van der Waals surface area contributed by atoms with Crippen LogP contribution in [-0.4, -0.2) is 73.4 Å². The molecule has 1 rings (SSSR count). The normalized spacial score (nSPS) is 37.5. The first-order valence-corrected chi connectivity index (χ1v) is 5.09. The van der Waals surface area contributed by atoms with Gasteiger partial charge in [-0.2, -0.15) is 0 Å². The lowest BCUT2D eigenvalue weighted by molar-refractivity contribution is -0.288. The summed E-state index contributed by atoms with van der Waals surface area (Å²) in [5.74, 6) is -4.29. The molecule has 0 aromatic heterocycles. The smallest absolute Gasteiger partial charge is 0.364 e. The van der Waals surface area contributed by atoms with Gasteiger partial charge >= 0.3 is 5.97 Å². The van der Waals surface area contributed by atoms with Crippen LogP contribution in [0.25, 0.3) is 0 Å². The zero-order chi connectivity index (χ0) is 13.2. The summed E-state index contributed by atoms with van der Waals surface area (Å²) in [6.45, 7) is -0.747. The van der Waals surface area contributed by atoms with Gasteiger partial charge < -0.3 is 35.4 Å². The second-order valence-corrected chi connectivity index (χ2v) is 4.08. The highest BCUT2D eigenvalue weighted by Gasteiger charge is 2.48. The van der Waals surface area contributed by atoms with E-state index in [1.165, 1.54) is 0 Å². The molecule has 8 heteroatoms. The molecule has 8 nitrogen and oxygen atoms in total. The summed E-state index contributed by atoms with van der Waals surface area (Å²) in [6.07, 6.45) is -6.27. The molecule has 17 heavy (non-hydrogen) atoms. The highest BCUT2D eigenvalue weighted by atomic mass is 16.7. The Morgan fingerprint density at radius 1 is 1.47 bits per heavy atom. The largest absolute Gasteiger partial charge is 0.477 e. The van der Waals surface area contributed by atoms with Crippen molar-refractivity contribution in [3.8, 4) is 0 Å². The quantitative estimate of drug-likeness (QED) is 0.310. The van der Waals surface area contributed by atoms with Gasteiger partial charge in [-0.25, -0.2) is 4.79 Å². The Labute approximate surface area is 96.7 Å². The molecule has 1 aliphatic heterocycles. The monoisotopic (exact) mass is 252 g/mol. The number of carboxylic acid groups (broad SMARTS) is 1. The molecule has 1 saturated heterocycles. The maximum atomic E-state index is 10.7. The highest BCUT2D eigenvalue weighted by Crippen LogP contribution is 2.29. The molecule has 0 saturated carbocycles. The number of carboxylic acids is 1. The van der Waals surface area contributed by atoms with Crippen molar-refractivity contribution < 1.29 is 40.2 Å². The van der Waals surface area contributed by atoms with Gasteiger partial charge in [-0.3, -0.25) is 0 Å². The van der Waals surface area contributed by atoms with Gasteiger partial charge in [0.2, 0.25) is 0 Å². The Morgan fingerprint density at radius 3 is 2.53 bits per heavy atom. The van der Waals surface area contributed by atoms with Crippen LogP contribution in [0.5, 0.6) is 0 Å². The van der Waals surface area contributed by atoms with Crippen molar-refractivity contribution in [2.45, 2.75) is 43.0 Å². The van der Waals surface area contributed by atoms with E-state index in [0.29, 0.717) is 0 Å². The molecule has 100 valence electrons. The summed E-state index contributed by atoms with van der Waals surface area (Å²) in [7, 11) is 0. The van der Waals surface area contributed by atoms with E-state index in [4.69, 9.17) is 14.9 Å². The number of aliphatic carboxylic acids is 1. The fraction of sp³-hybridized carbons (Fsp3) is 0.889. The molecule has 6 N–H and O–H groups in total. The van der Waals surface area contributed by atoms with Crippen molar-refractivity contribution in [2.24, 2.45) is 0 Å². The minimum absolute atomic E-state index is 0.145. The first kappa shape index (κ1) is 14.3. The molecular weight excluding hydrogens is 236 g/mol. The summed E-state index contributed by atoms with van der Waals surface area (Å²) in [4.78, 5) is 10.7. The van der Waals surface area contributed by atoms with Crippen LogP contribution < -0.4 is 0 Å². The number of aliphatic hydroxyl groups excluding tert-OH is 4. The van der Waals surface area contributed by atoms with Crippen molar-refractivity contribution in [3.63, 3.8) is 0 Å². The minimum Gasteiger partial charge on any atom is -0.477 e.